The van der Waals surface area contributed by atoms with Gasteiger partial charge in [0.25, 0.3) is 0 Å². The summed E-state index contributed by atoms with van der Waals surface area (Å²) in [6.45, 7) is 3.91. The zero-order chi connectivity index (χ0) is 19.4. The first kappa shape index (κ1) is 18.8. The van der Waals surface area contributed by atoms with E-state index in [1.54, 1.807) is 30.3 Å². The molecule has 6 nitrogen and oxygen atoms in total. The molecule has 0 bridgehead atoms. The van der Waals surface area contributed by atoms with E-state index < -0.39 is 11.9 Å². The normalized spacial score (nSPS) is 14.0. The van der Waals surface area contributed by atoms with Crippen molar-refractivity contribution in [1.82, 2.24) is 0 Å². The van der Waals surface area contributed by atoms with Gasteiger partial charge in [-0.2, -0.15) is 0 Å². The first-order chi connectivity index (χ1) is 12.9. The van der Waals surface area contributed by atoms with Crippen molar-refractivity contribution in [3.05, 3.63) is 59.2 Å². The lowest BCUT2D eigenvalue weighted by Crippen LogP contribution is -2.24. The number of para-hydroxylation sites is 1. The van der Waals surface area contributed by atoms with Crippen molar-refractivity contribution in [2.24, 2.45) is 0 Å². The highest BCUT2D eigenvalue weighted by atomic mass is 16.6. The average Bonchev–Trinajstić information content (AvgIpc) is 2.98. The molecule has 0 saturated carbocycles. The quantitative estimate of drug-likeness (QED) is 0.727. The van der Waals surface area contributed by atoms with Crippen LogP contribution in [0, 0.1) is 0 Å². The van der Waals surface area contributed by atoms with Gasteiger partial charge in [0.2, 0.25) is 0 Å². The summed E-state index contributed by atoms with van der Waals surface area (Å²) in [5.74, 6) is 0.334. The highest BCUT2D eigenvalue weighted by Gasteiger charge is 2.32. The van der Waals surface area contributed by atoms with Crippen molar-refractivity contribution < 1.29 is 28.5 Å². The molecule has 0 atom stereocenters. The van der Waals surface area contributed by atoms with Crippen LogP contribution in [0.1, 0.15) is 35.3 Å². The van der Waals surface area contributed by atoms with Gasteiger partial charge in [-0.25, -0.2) is 9.59 Å². The Balaban J connectivity index is 1.51. The van der Waals surface area contributed by atoms with E-state index in [9.17, 15) is 9.59 Å². The van der Waals surface area contributed by atoms with Crippen LogP contribution >= 0.6 is 0 Å². The van der Waals surface area contributed by atoms with Crippen LogP contribution < -0.4 is 9.47 Å². The van der Waals surface area contributed by atoms with Gasteiger partial charge in [0.15, 0.2) is 18.1 Å². The fraction of sp³-hybridized carbons (Fsp3) is 0.333. The fourth-order valence-corrected chi connectivity index (χ4v) is 2.90. The maximum absolute atomic E-state index is 12.0. The molecular weight excluding hydrogens is 348 g/mol. The topological polar surface area (TPSA) is 71.1 Å². The van der Waals surface area contributed by atoms with E-state index in [2.05, 4.69) is 4.74 Å². The Kier molecular flexibility index (Phi) is 5.35. The number of hydrogen-bond donors (Lipinski definition) is 0. The van der Waals surface area contributed by atoms with Gasteiger partial charge in [0.05, 0.1) is 12.7 Å². The van der Waals surface area contributed by atoms with Gasteiger partial charge in [-0.1, -0.05) is 24.3 Å². The lowest BCUT2D eigenvalue weighted by Gasteiger charge is -2.18. The van der Waals surface area contributed by atoms with E-state index >= 15 is 0 Å². The zero-order valence-electron chi connectivity index (χ0n) is 15.6. The molecule has 1 aliphatic rings. The van der Waals surface area contributed by atoms with E-state index in [4.69, 9.17) is 14.2 Å². The predicted octanol–water partition coefficient (Wildman–Crippen LogP) is 3.31. The second-order valence-electron chi connectivity index (χ2n) is 6.92. The van der Waals surface area contributed by atoms with Crippen molar-refractivity contribution in [2.75, 3.05) is 13.7 Å². The van der Waals surface area contributed by atoms with Gasteiger partial charge in [-0.3, -0.25) is 0 Å². The Labute approximate surface area is 158 Å². The summed E-state index contributed by atoms with van der Waals surface area (Å²) >= 11 is 0. The van der Waals surface area contributed by atoms with Crippen LogP contribution in [0.4, 0.5) is 0 Å². The lowest BCUT2D eigenvalue weighted by atomic mass is 10.0. The molecule has 142 valence electrons. The van der Waals surface area contributed by atoms with Gasteiger partial charge in [-0.05, 0) is 37.6 Å². The van der Waals surface area contributed by atoms with Crippen molar-refractivity contribution in [3.8, 4) is 11.5 Å². The summed E-state index contributed by atoms with van der Waals surface area (Å²) in [6.07, 6.45) is 0.797. The number of fused-ring (bicyclic) bond motifs is 1. The summed E-state index contributed by atoms with van der Waals surface area (Å²) in [5, 5.41) is 0. The second kappa shape index (κ2) is 7.70. The molecule has 27 heavy (non-hydrogen) atoms. The molecule has 1 heterocycles. The Morgan fingerprint density at radius 2 is 1.85 bits per heavy atom. The molecule has 0 amide bonds. The molecule has 2 aromatic carbocycles. The van der Waals surface area contributed by atoms with Crippen LogP contribution in [0.2, 0.25) is 0 Å². The molecule has 0 spiro atoms. The second-order valence-corrected chi connectivity index (χ2v) is 6.92. The smallest absolute Gasteiger partial charge is 0.344 e. The third-order valence-corrected chi connectivity index (χ3v) is 4.18. The molecule has 0 radical (unpaired) electrons. The van der Waals surface area contributed by atoms with Gasteiger partial charge >= 0.3 is 11.9 Å². The number of hydrogen-bond acceptors (Lipinski definition) is 6. The Bertz CT molecular complexity index is 838. The summed E-state index contributed by atoms with van der Waals surface area (Å²) in [7, 11) is 1.33. The van der Waals surface area contributed by atoms with Gasteiger partial charge in [0.1, 0.15) is 12.2 Å². The molecular formula is C21H22O6. The van der Waals surface area contributed by atoms with E-state index in [0.29, 0.717) is 17.1 Å². The Hall–Kier alpha value is -3.02. The number of carbonyl (C=O) groups is 2. The first-order valence-electron chi connectivity index (χ1n) is 8.64. The molecule has 0 aromatic heterocycles. The minimum Gasteiger partial charge on any atom is -0.483 e. The molecule has 6 heteroatoms. The van der Waals surface area contributed by atoms with Crippen LogP contribution in [-0.4, -0.2) is 31.3 Å². The Morgan fingerprint density at radius 1 is 1.11 bits per heavy atom. The van der Waals surface area contributed by atoms with Crippen molar-refractivity contribution in [3.63, 3.8) is 0 Å². The van der Waals surface area contributed by atoms with Gasteiger partial charge in [-0.15, -0.1) is 0 Å². The van der Waals surface area contributed by atoms with Crippen molar-refractivity contribution in [2.45, 2.75) is 32.5 Å². The minimum atomic E-state index is -0.484. The van der Waals surface area contributed by atoms with Gasteiger partial charge < -0.3 is 18.9 Å². The van der Waals surface area contributed by atoms with Crippen LogP contribution in [0.15, 0.2) is 42.5 Å². The van der Waals surface area contributed by atoms with E-state index in [0.717, 1.165) is 17.5 Å². The van der Waals surface area contributed by atoms with Crippen LogP contribution in [0.5, 0.6) is 11.5 Å². The molecule has 2 aromatic rings. The maximum Gasteiger partial charge on any atom is 0.344 e. The SMILES string of the molecule is COC(=O)c1ccc(COC(=O)COc2cccc3c2OC(C)(C)C3)cc1. The number of benzene rings is 2. The zero-order valence-corrected chi connectivity index (χ0v) is 15.6. The Morgan fingerprint density at radius 3 is 2.56 bits per heavy atom. The predicted molar refractivity (Wildman–Crippen MR) is 97.9 cm³/mol. The number of rotatable bonds is 6. The number of carbonyl (C=O) groups excluding carboxylic acids is 2. The molecule has 0 N–H and O–H groups in total. The minimum absolute atomic E-state index is 0.0973. The highest BCUT2D eigenvalue weighted by molar-refractivity contribution is 5.89. The third kappa shape index (κ3) is 4.58. The average molecular weight is 370 g/mol. The number of esters is 2. The van der Waals surface area contributed by atoms with Gasteiger partial charge in [0, 0.05) is 12.0 Å². The third-order valence-electron chi connectivity index (χ3n) is 4.18. The fourth-order valence-electron chi connectivity index (χ4n) is 2.90. The maximum atomic E-state index is 12.0. The summed E-state index contributed by atoms with van der Waals surface area (Å²) in [6, 6.07) is 12.3. The molecule has 0 unspecified atom stereocenters. The number of ether oxygens (including phenoxy) is 4. The number of methoxy groups -OCH3 is 1. The molecule has 0 aliphatic carbocycles. The molecule has 0 fully saturated rings. The summed E-state index contributed by atoms with van der Waals surface area (Å²) in [5.41, 5.74) is 1.99. The molecule has 1 aliphatic heterocycles. The summed E-state index contributed by atoms with van der Waals surface area (Å²) < 4.78 is 21.4. The standard InChI is InChI=1S/C21H22O6/c1-21(2)11-16-5-4-6-17(19(16)27-21)25-13-18(22)26-12-14-7-9-15(10-8-14)20(23)24-3/h4-10H,11-13H2,1-3H3. The van der Waals surface area contributed by atoms with Crippen LogP contribution in [-0.2, 0) is 27.3 Å². The highest BCUT2D eigenvalue weighted by Crippen LogP contribution is 2.41. The van der Waals surface area contributed by atoms with Crippen LogP contribution in [0.25, 0.3) is 0 Å². The van der Waals surface area contributed by atoms with E-state index in [1.807, 2.05) is 26.0 Å². The van der Waals surface area contributed by atoms with E-state index in [1.165, 1.54) is 7.11 Å². The summed E-state index contributed by atoms with van der Waals surface area (Å²) in [4.78, 5) is 23.4. The molecule has 0 saturated heterocycles. The molecule has 3 rings (SSSR count). The van der Waals surface area contributed by atoms with Crippen molar-refractivity contribution in [1.29, 1.82) is 0 Å². The lowest BCUT2D eigenvalue weighted by molar-refractivity contribution is -0.147. The first-order valence-corrected chi connectivity index (χ1v) is 8.64. The van der Waals surface area contributed by atoms with E-state index in [-0.39, 0.29) is 18.8 Å². The van der Waals surface area contributed by atoms with Crippen LogP contribution in [0.3, 0.4) is 0 Å². The largest absolute Gasteiger partial charge is 0.483 e. The monoisotopic (exact) mass is 370 g/mol. The van der Waals surface area contributed by atoms with Crippen molar-refractivity contribution >= 4 is 11.9 Å².